The highest BCUT2D eigenvalue weighted by Gasteiger charge is 2.27. The Hall–Kier alpha value is -1.41. The number of nitrogens with zero attached hydrogens (tertiary/aromatic N) is 2. The molecule has 0 bridgehead atoms. The quantitative estimate of drug-likeness (QED) is 0.750. The Bertz CT molecular complexity index is 496. The molecule has 1 aromatic heterocycles. The van der Waals surface area contributed by atoms with E-state index in [4.69, 9.17) is 0 Å². The van der Waals surface area contributed by atoms with Crippen molar-refractivity contribution < 1.29 is 13.2 Å². The van der Waals surface area contributed by atoms with Crippen LogP contribution in [0.3, 0.4) is 0 Å². The summed E-state index contributed by atoms with van der Waals surface area (Å²) in [5.41, 5.74) is 0. The predicted octanol–water partition coefficient (Wildman–Crippen LogP) is -0.691. The fraction of sp³-hybridized carbons (Fsp3) is 0.556. The van der Waals surface area contributed by atoms with Crippen molar-refractivity contribution in [1.82, 2.24) is 19.6 Å². The first-order valence-corrected chi connectivity index (χ1v) is 6.72. The normalized spacial score (nSPS) is 21.8. The molecular formula is C9H14N4O3S. The number of aromatic nitrogens is 2. The molecule has 1 amide bonds. The number of piperidine rings is 1. The van der Waals surface area contributed by atoms with Gasteiger partial charge in [-0.1, -0.05) is 0 Å². The Labute approximate surface area is 99.3 Å². The molecule has 1 aliphatic heterocycles. The Balaban J connectivity index is 2.05. The number of carbonyl (C=O) groups is 1. The number of likely N-dealkylation sites (N-methyl/N-ethyl adjacent to an activating group) is 1. The number of rotatable bonds is 3. The van der Waals surface area contributed by atoms with Crippen LogP contribution in [0.5, 0.6) is 0 Å². The van der Waals surface area contributed by atoms with E-state index in [-0.39, 0.29) is 17.0 Å². The van der Waals surface area contributed by atoms with Crippen LogP contribution in [0.2, 0.25) is 0 Å². The summed E-state index contributed by atoms with van der Waals surface area (Å²) >= 11 is 0. The van der Waals surface area contributed by atoms with Gasteiger partial charge in [0.05, 0.1) is 12.5 Å². The number of imidazole rings is 1. The van der Waals surface area contributed by atoms with Gasteiger partial charge in [-0.2, -0.15) is 0 Å². The maximum Gasteiger partial charge on any atom is 0.257 e. The lowest BCUT2D eigenvalue weighted by Crippen LogP contribution is -2.48. The molecule has 0 radical (unpaired) electrons. The van der Waals surface area contributed by atoms with Crippen molar-refractivity contribution in [2.45, 2.75) is 23.9 Å². The number of hydrogen-bond donors (Lipinski definition) is 2. The molecule has 0 saturated carbocycles. The number of amides is 1. The molecule has 0 aliphatic carbocycles. The van der Waals surface area contributed by atoms with Crippen molar-refractivity contribution in [3.63, 3.8) is 0 Å². The second-order valence-electron chi connectivity index (χ2n) is 4.05. The van der Waals surface area contributed by atoms with E-state index < -0.39 is 10.0 Å². The minimum absolute atomic E-state index is 0.0389. The molecule has 94 valence electrons. The smallest absolute Gasteiger partial charge is 0.257 e. The molecule has 1 aromatic rings. The first-order valence-electron chi connectivity index (χ1n) is 5.24. The average molecular weight is 258 g/mol. The molecule has 1 aliphatic rings. The lowest BCUT2D eigenvalue weighted by atomic mass is 10.1. The number of sulfonamides is 1. The molecule has 17 heavy (non-hydrogen) atoms. The van der Waals surface area contributed by atoms with Gasteiger partial charge in [0.1, 0.15) is 0 Å². The summed E-state index contributed by atoms with van der Waals surface area (Å²) in [5, 5.41) is 0.0389. The van der Waals surface area contributed by atoms with Crippen LogP contribution in [-0.2, 0) is 14.8 Å². The molecule has 0 aromatic carbocycles. The van der Waals surface area contributed by atoms with E-state index in [0.29, 0.717) is 19.4 Å². The number of likely N-dealkylation sites (tertiary alicyclic amines) is 1. The highest BCUT2D eigenvalue weighted by Crippen LogP contribution is 2.12. The molecule has 2 rings (SSSR count). The minimum atomic E-state index is -3.56. The number of hydrogen-bond acceptors (Lipinski definition) is 4. The van der Waals surface area contributed by atoms with E-state index in [1.54, 1.807) is 7.05 Å². The van der Waals surface area contributed by atoms with Crippen LogP contribution < -0.4 is 4.72 Å². The third-order valence-electron chi connectivity index (χ3n) is 2.71. The van der Waals surface area contributed by atoms with Crippen molar-refractivity contribution in [2.75, 3.05) is 13.6 Å². The third kappa shape index (κ3) is 2.64. The summed E-state index contributed by atoms with van der Waals surface area (Å²) < 4.78 is 26.3. The second-order valence-corrected chi connectivity index (χ2v) is 5.73. The molecule has 1 fully saturated rings. The number of H-pyrrole nitrogens is 1. The first-order chi connectivity index (χ1) is 7.99. The van der Waals surface area contributed by atoms with Gasteiger partial charge in [-0.3, -0.25) is 4.79 Å². The van der Waals surface area contributed by atoms with Gasteiger partial charge in [-0.05, 0) is 6.42 Å². The van der Waals surface area contributed by atoms with E-state index in [1.165, 1.54) is 17.4 Å². The highest BCUT2D eigenvalue weighted by molar-refractivity contribution is 7.89. The van der Waals surface area contributed by atoms with Gasteiger partial charge < -0.3 is 9.88 Å². The number of aromatic amines is 1. The van der Waals surface area contributed by atoms with Crippen LogP contribution in [0.1, 0.15) is 12.8 Å². The zero-order chi connectivity index (χ0) is 12.5. The lowest BCUT2D eigenvalue weighted by molar-refractivity contribution is -0.132. The number of carbonyl (C=O) groups excluding carboxylic acids is 1. The molecular weight excluding hydrogens is 244 g/mol. The molecule has 1 saturated heterocycles. The molecule has 2 heterocycles. The van der Waals surface area contributed by atoms with Crippen molar-refractivity contribution in [3.8, 4) is 0 Å². The van der Waals surface area contributed by atoms with Crippen molar-refractivity contribution in [2.24, 2.45) is 0 Å². The maximum atomic E-state index is 11.9. The zero-order valence-electron chi connectivity index (χ0n) is 9.38. The minimum Gasteiger partial charge on any atom is -0.344 e. The largest absolute Gasteiger partial charge is 0.344 e. The zero-order valence-corrected chi connectivity index (χ0v) is 10.2. The molecule has 7 nitrogen and oxygen atoms in total. The average Bonchev–Trinajstić information content (AvgIpc) is 2.77. The van der Waals surface area contributed by atoms with E-state index in [1.807, 2.05) is 0 Å². The van der Waals surface area contributed by atoms with Crippen LogP contribution >= 0.6 is 0 Å². The molecule has 2 N–H and O–H groups in total. The van der Waals surface area contributed by atoms with Crippen LogP contribution in [0.25, 0.3) is 0 Å². The van der Waals surface area contributed by atoms with Gasteiger partial charge in [0.15, 0.2) is 5.03 Å². The van der Waals surface area contributed by atoms with Gasteiger partial charge in [0.2, 0.25) is 5.91 Å². The van der Waals surface area contributed by atoms with E-state index in [0.717, 1.165) is 0 Å². The van der Waals surface area contributed by atoms with Crippen molar-refractivity contribution in [3.05, 3.63) is 12.5 Å². The summed E-state index contributed by atoms with van der Waals surface area (Å²) in [4.78, 5) is 19.0. The first kappa shape index (κ1) is 12.1. The predicted molar refractivity (Wildman–Crippen MR) is 59.6 cm³/mol. The van der Waals surface area contributed by atoms with Crippen LogP contribution in [-0.4, -0.2) is 48.8 Å². The van der Waals surface area contributed by atoms with Gasteiger partial charge in [0, 0.05) is 26.1 Å². The van der Waals surface area contributed by atoms with E-state index in [2.05, 4.69) is 14.7 Å². The van der Waals surface area contributed by atoms with Gasteiger partial charge in [-0.25, -0.2) is 18.1 Å². The van der Waals surface area contributed by atoms with Gasteiger partial charge in [0.25, 0.3) is 10.0 Å². The van der Waals surface area contributed by atoms with Crippen LogP contribution in [0.4, 0.5) is 0 Å². The summed E-state index contributed by atoms with van der Waals surface area (Å²) in [6.45, 7) is 0.395. The van der Waals surface area contributed by atoms with Crippen molar-refractivity contribution in [1.29, 1.82) is 0 Å². The van der Waals surface area contributed by atoms with E-state index >= 15 is 0 Å². The SMILES string of the molecule is CN1CC(NS(=O)(=O)c2cnc[nH]2)CCC1=O. The standard InChI is InChI=1S/C9H14N4O3S/c1-13-5-7(2-3-9(13)14)12-17(15,16)8-4-10-6-11-8/h4,6-7,12H,2-3,5H2,1H3,(H,10,11). The lowest BCUT2D eigenvalue weighted by Gasteiger charge is -2.29. The fourth-order valence-corrected chi connectivity index (χ4v) is 2.95. The highest BCUT2D eigenvalue weighted by atomic mass is 32.2. The Morgan fingerprint density at radius 2 is 2.35 bits per heavy atom. The summed E-state index contributed by atoms with van der Waals surface area (Å²) in [7, 11) is -1.90. The summed E-state index contributed by atoms with van der Waals surface area (Å²) in [6.07, 6.45) is 3.45. The second kappa shape index (κ2) is 4.46. The molecule has 8 heteroatoms. The van der Waals surface area contributed by atoms with Gasteiger partial charge in [-0.15, -0.1) is 0 Å². The summed E-state index contributed by atoms with van der Waals surface area (Å²) in [5.74, 6) is 0.0435. The van der Waals surface area contributed by atoms with Crippen molar-refractivity contribution >= 4 is 15.9 Å². The maximum absolute atomic E-state index is 11.9. The Kier molecular flexibility index (Phi) is 3.16. The van der Waals surface area contributed by atoms with Crippen LogP contribution in [0, 0.1) is 0 Å². The third-order valence-corrected chi connectivity index (χ3v) is 4.16. The topological polar surface area (TPSA) is 95.2 Å². The van der Waals surface area contributed by atoms with Gasteiger partial charge >= 0.3 is 0 Å². The Morgan fingerprint density at radius 3 is 2.94 bits per heavy atom. The Morgan fingerprint density at radius 1 is 1.59 bits per heavy atom. The molecule has 1 atom stereocenters. The molecule has 1 unspecified atom stereocenters. The monoisotopic (exact) mass is 258 g/mol. The summed E-state index contributed by atoms with van der Waals surface area (Å²) in [6, 6.07) is -0.244. The number of nitrogens with one attached hydrogen (secondary N) is 2. The molecule has 0 spiro atoms. The fourth-order valence-electron chi connectivity index (χ4n) is 1.78. The van der Waals surface area contributed by atoms with E-state index in [9.17, 15) is 13.2 Å². The van der Waals surface area contributed by atoms with Crippen LogP contribution in [0.15, 0.2) is 17.6 Å².